The number of nitrogens with zero attached hydrogens (tertiary/aromatic N) is 1. The minimum absolute atomic E-state index is 0.0306. The molecule has 134 valence electrons. The predicted octanol–water partition coefficient (Wildman–Crippen LogP) is 2.97. The number of ether oxygens (including phenoxy) is 2. The molecule has 1 atom stereocenters. The first-order valence-corrected chi connectivity index (χ1v) is 9.98. The van der Waals surface area contributed by atoms with Crippen molar-refractivity contribution in [1.82, 2.24) is 4.67 Å². The van der Waals surface area contributed by atoms with Gasteiger partial charge in [-0.3, -0.25) is 9.36 Å². The van der Waals surface area contributed by atoms with Crippen LogP contribution in [0.5, 0.6) is 5.75 Å². The molecule has 24 heavy (non-hydrogen) atoms. The van der Waals surface area contributed by atoms with E-state index < -0.39 is 7.52 Å². The number of rotatable bonds is 5. The second-order valence-corrected chi connectivity index (χ2v) is 8.04. The van der Waals surface area contributed by atoms with E-state index >= 15 is 0 Å². The zero-order valence-electron chi connectivity index (χ0n) is 14.4. The van der Waals surface area contributed by atoms with E-state index in [1.165, 1.54) is 0 Å². The molecular formula is C17H26NO5P. The Hall–Kier alpha value is -1.36. The maximum absolute atomic E-state index is 13.7. The van der Waals surface area contributed by atoms with Crippen LogP contribution in [-0.4, -0.2) is 44.1 Å². The molecule has 1 aromatic rings. The standard InChI is InChI=1S/C17H26NO5P/c1-3-22-17(19)14-18-12-6-4-5-7-13-23-24(18,20)16-10-8-15(21-2)9-11-16/h8-11H,3-7,12-14H2,1-2H3. The molecule has 0 aromatic heterocycles. The summed E-state index contributed by atoms with van der Waals surface area (Å²) < 4.78 is 31.4. The Labute approximate surface area is 143 Å². The molecule has 0 aliphatic carbocycles. The van der Waals surface area contributed by atoms with Crippen molar-refractivity contribution in [3.05, 3.63) is 24.3 Å². The molecule has 1 saturated heterocycles. The topological polar surface area (TPSA) is 65.1 Å². The molecule has 0 spiro atoms. The minimum atomic E-state index is -3.31. The van der Waals surface area contributed by atoms with Gasteiger partial charge in [-0.1, -0.05) is 12.8 Å². The molecule has 1 unspecified atom stereocenters. The Morgan fingerprint density at radius 2 is 1.92 bits per heavy atom. The minimum Gasteiger partial charge on any atom is -0.497 e. The highest BCUT2D eigenvalue weighted by atomic mass is 31.2. The summed E-state index contributed by atoms with van der Waals surface area (Å²) in [5.74, 6) is 0.306. The van der Waals surface area contributed by atoms with Gasteiger partial charge in [0.05, 0.1) is 25.6 Å². The van der Waals surface area contributed by atoms with Gasteiger partial charge in [0.15, 0.2) is 0 Å². The number of methoxy groups -OCH3 is 1. The maximum Gasteiger partial charge on any atom is 0.320 e. The van der Waals surface area contributed by atoms with Gasteiger partial charge in [-0.15, -0.1) is 0 Å². The Morgan fingerprint density at radius 3 is 2.58 bits per heavy atom. The molecular weight excluding hydrogens is 329 g/mol. The van der Waals surface area contributed by atoms with Crippen LogP contribution in [0.25, 0.3) is 0 Å². The first-order valence-electron chi connectivity index (χ1n) is 8.40. The van der Waals surface area contributed by atoms with Crippen molar-refractivity contribution < 1.29 is 23.4 Å². The lowest BCUT2D eigenvalue weighted by atomic mass is 10.2. The fraction of sp³-hybridized carbons (Fsp3) is 0.588. The quantitative estimate of drug-likeness (QED) is 0.598. The van der Waals surface area contributed by atoms with Crippen LogP contribution in [0.2, 0.25) is 0 Å². The van der Waals surface area contributed by atoms with Crippen molar-refractivity contribution in [3.8, 4) is 5.75 Å². The van der Waals surface area contributed by atoms with Gasteiger partial charge in [-0.25, -0.2) is 4.67 Å². The monoisotopic (exact) mass is 355 g/mol. The number of carbonyl (C=O) groups is 1. The zero-order valence-corrected chi connectivity index (χ0v) is 15.3. The van der Waals surface area contributed by atoms with Gasteiger partial charge in [0.2, 0.25) is 0 Å². The molecule has 1 fully saturated rings. The van der Waals surface area contributed by atoms with Gasteiger partial charge in [0.1, 0.15) is 12.3 Å². The van der Waals surface area contributed by atoms with Gasteiger partial charge >= 0.3 is 13.5 Å². The van der Waals surface area contributed by atoms with Gasteiger partial charge < -0.3 is 14.0 Å². The molecule has 0 bridgehead atoms. The second-order valence-electron chi connectivity index (χ2n) is 5.66. The van der Waals surface area contributed by atoms with Crippen molar-refractivity contribution in [3.63, 3.8) is 0 Å². The van der Waals surface area contributed by atoms with Crippen LogP contribution in [0.1, 0.15) is 32.6 Å². The lowest BCUT2D eigenvalue weighted by Crippen LogP contribution is -2.33. The van der Waals surface area contributed by atoms with E-state index in [9.17, 15) is 9.36 Å². The highest BCUT2D eigenvalue weighted by molar-refractivity contribution is 7.64. The number of esters is 1. The van der Waals surface area contributed by atoms with Gasteiger partial charge in [0, 0.05) is 6.54 Å². The maximum atomic E-state index is 13.7. The van der Waals surface area contributed by atoms with Crippen molar-refractivity contribution in [1.29, 1.82) is 0 Å². The van der Waals surface area contributed by atoms with Gasteiger partial charge in [-0.05, 0) is 44.0 Å². The van der Waals surface area contributed by atoms with E-state index in [4.69, 9.17) is 14.0 Å². The van der Waals surface area contributed by atoms with Crippen LogP contribution in [0.15, 0.2) is 24.3 Å². The van der Waals surface area contributed by atoms with Crippen LogP contribution in [0, 0.1) is 0 Å². The first kappa shape index (κ1) is 19.0. The zero-order chi connectivity index (χ0) is 17.4. The smallest absolute Gasteiger partial charge is 0.320 e. The lowest BCUT2D eigenvalue weighted by molar-refractivity contribution is -0.143. The molecule has 0 saturated carbocycles. The third kappa shape index (κ3) is 4.82. The van der Waals surface area contributed by atoms with E-state index in [-0.39, 0.29) is 12.5 Å². The van der Waals surface area contributed by atoms with Crippen molar-refractivity contribution >= 4 is 18.8 Å². The molecule has 6 nitrogen and oxygen atoms in total. The highest BCUT2D eigenvalue weighted by Crippen LogP contribution is 2.50. The summed E-state index contributed by atoms with van der Waals surface area (Å²) in [5, 5.41) is 0.578. The Balaban J connectivity index is 2.30. The summed E-state index contributed by atoms with van der Waals surface area (Å²) in [7, 11) is -1.72. The molecule has 1 aliphatic heterocycles. The fourth-order valence-electron chi connectivity index (χ4n) is 2.69. The lowest BCUT2D eigenvalue weighted by Gasteiger charge is -2.30. The summed E-state index contributed by atoms with van der Waals surface area (Å²) >= 11 is 0. The van der Waals surface area contributed by atoms with E-state index in [1.54, 1.807) is 43.0 Å². The molecule has 1 aliphatic rings. The van der Waals surface area contributed by atoms with Crippen molar-refractivity contribution in [2.45, 2.75) is 32.6 Å². The van der Waals surface area contributed by atoms with E-state index in [0.717, 1.165) is 25.7 Å². The molecule has 1 heterocycles. The van der Waals surface area contributed by atoms with Gasteiger partial charge in [0.25, 0.3) is 0 Å². The molecule has 0 amide bonds. The number of benzene rings is 1. The van der Waals surface area contributed by atoms with Crippen molar-refractivity contribution in [2.75, 3.05) is 33.4 Å². The predicted molar refractivity (Wildman–Crippen MR) is 92.9 cm³/mol. The van der Waals surface area contributed by atoms with Crippen LogP contribution >= 0.6 is 7.52 Å². The van der Waals surface area contributed by atoms with E-state index in [2.05, 4.69) is 0 Å². The molecule has 0 radical (unpaired) electrons. The number of hydrogen-bond acceptors (Lipinski definition) is 5. The normalized spacial score (nSPS) is 22.9. The highest BCUT2D eigenvalue weighted by Gasteiger charge is 2.36. The summed E-state index contributed by atoms with van der Waals surface area (Å²) in [4.78, 5) is 12.0. The number of carbonyl (C=O) groups excluding carboxylic acids is 1. The second kappa shape index (κ2) is 9.21. The average Bonchev–Trinajstić information content (AvgIpc) is 2.68. The Kier molecular flexibility index (Phi) is 7.28. The molecule has 1 aromatic carbocycles. The Morgan fingerprint density at radius 1 is 1.21 bits per heavy atom. The summed E-state index contributed by atoms with van der Waals surface area (Å²) in [6.07, 6.45) is 3.82. The third-order valence-corrected chi connectivity index (χ3v) is 6.53. The third-order valence-electron chi connectivity index (χ3n) is 3.96. The summed E-state index contributed by atoms with van der Waals surface area (Å²) in [6.45, 7) is 3.00. The van der Waals surface area contributed by atoms with Crippen LogP contribution in [-0.2, 0) is 18.6 Å². The SMILES string of the molecule is CCOC(=O)CN1CCCCCCOP1(=O)c1ccc(OC)cc1. The largest absolute Gasteiger partial charge is 0.497 e. The molecule has 0 N–H and O–H groups in total. The van der Waals surface area contributed by atoms with E-state index in [1.807, 2.05) is 0 Å². The van der Waals surface area contributed by atoms with Crippen LogP contribution in [0.3, 0.4) is 0 Å². The van der Waals surface area contributed by atoms with Crippen molar-refractivity contribution in [2.24, 2.45) is 0 Å². The van der Waals surface area contributed by atoms with Crippen LogP contribution in [0.4, 0.5) is 0 Å². The fourth-order valence-corrected chi connectivity index (χ4v) is 4.94. The first-order chi connectivity index (χ1) is 11.6. The summed E-state index contributed by atoms with van der Waals surface area (Å²) in [6, 6.07) is 7.01. The van der Waals surface area contributed by atoms with Gasteiger partial charge in [-0.2, -0.15) is 0 Å². The van der Waals surface area contributed by atoms with Crippen LogP contribution < -0.4 is 10.0 Å². The van der Waals surface area contributed by atoms with E-state index in [0.29, 0.717) is 30.8 Å². The molecule has 2 rings (SSSR count). The average molecular weight is 355 g/mol. The summed E-state index contributed by atoms with van der Waals surface area (Å²) in [5.41, 5.74) is 0. The Bertz CT molecular complexity index is 575. The number of hydrogen-bond donors (Lipinski definition) is 0. The molecule has 7 heteroatoms.